The van der Waals surface area contributed by atoms with Crippen LogP contribution in [-0.2, 0) is 17.6 Å². The third-order valence-electron chi connectivity index (χ3n) is 7.46. The van der Waals surface area contributed by atoms with Gasteiger partial charge >= 0.3 is 0 Å². The molecule has 4 bridgehead atoms. The van der Waals surface area contributed by atoms with Crippen molar-refractivity contribution in [1.82, 2.24) is 15.2 Å². The lowest BCUT2D eigenvalue weighted by atomic mass is 9.73. The van der Waals surface area contributed by atoms with E-state index in [1.54, 1.807) is 11.3 Å². The lowest BCUT2D eigenvalue weighted by molar-refractivity contribution is -0.121. The van der Waals surface area contributed by atoms with E-state index in [0.29, 0.717) is 56.3 Å². The molecular weight excluding hydrogens is 474 g/mol. The van der Waals surface area contributed by atoms with Crippen LogP contribution in [0.4, 0.5) is 0 Å². The van der Waals surface area contributed by atoms with E-state index in [1.165, 1.54) is 0 Å². The van der Waals surface area contributed by atoms with Crippen LogP contribution in [0.15, 0.2) is 47.8 Å². The molecule has 3 aromatic rings. The number of aromatic nitrogens is 1. The molecule has 6 rings (SSSR count). The number of nitrogens with zero attached hydrogens (tertiary/aromatic N) is 2. The van der Waals surface area contributed by atoms with Gasteiger partial charge in [-0.2, -0.15) is 0 Å². The Balaban J connectivity index is 1.37. The van der Waals surface area contributed by atoms with E-state index >= 15 is 0 Å². The van der Waals surface area contributed by atoms with Crippen LogP contribution in [0.3, 0.4) is 0 Å². The molecule has 1 aromatic heterocycles. The van der Waals surface area contributed by atoms with Crippen LogP contribution < -0.4 is 14.8 Å². The normalized spacial score (nSPS) is 22.8. The highest BCUT2D eigenvalue weighted by molar-refractivity contribution is 7.09. The van der Waals surface area contributed by atoms with E-state index in [0.717, 1.165) is 34.7 Å². The van der Waals surface area contributed by atoms with Crippen molar-refractivity contribution in [1.29, 1.82) is 0 Å². The molecule has 36 heavy (non-hydrogen) atoms. The van der Waals surface area contributed by atoms with Gasteiger partial charge in [-0.05, 0) is 43.0 Å². The molecule has 8 heteroatoms. The van der Waals surface area contributed by atoms with E-state index in [-0.39, 0.29) is 17.7 Å². The third-order valence-corrected chi connectivity index (χ3v) is 8.37. The molecule has 3 aliphatic heterocycles. The molecule has 7 nitrogen and oxygen atoms in total. The monoisotopic (exact) mass is 503 g/mol. The number of thiazole rings is 1. The summed E-state index contributed by atoms with van der Waals surface area (Å²) in [5.74, 6) is 2.06. The predicted octanol–water partition coefficient (Wildman–Crippen LogP) is 4.57. The number of rotatable bonds is 3. The number of carbonyl (C=O) groups excluding carboxylic acids is 2. The number of amides is 2. The molecule has 0 unspecified atom stereocenters. The summed E-state index contributed by atoms with van der Waals surface area (Å²) >= 11 is 1.54. The summed E-state index contributed by atoms with van der Waals surface area (Å²) in [6.07, 6.45) is 2.90. The Kier molecular flexibility index (Phi) is 5.91. The van der Waals surface area contributed by atoms with Crippen molar-refractivity contribution in [2.75, 3.05) is 26.2 Å². The number of likely N-dealkylation sites (tertiary alicyclic amines) is 1. The topological polar surface area (TPSA) is 80.8 Å². The van der Waals surface area contributed by atoms with Gasteiger partial charge in [0.15, 0.2) is 11.5 Å². The van der Waals surface area contributed by atoms with Gasteiger partial charge in [-0.15, -0.1) is 11.3 Å². The number of aryl methyl sites for hydroxylation is 2. The van der Waals surface area contributed by atoms with Gasteiger partial charge in [-0.3, -0.25) is 9.59 Å². The Labute approximate surface area is 214 Å². The number of benzene rings is 2. The Morgan fingerprint density at radius 3 is 3.03 bits per heavy atom. The minimum absolute atomic E-state index is 0.000427. The highest BCUT2D eigenvalue weighted by Gasteiger charge is 2.53. The van der Waals surface area contributed by atoms with Crippen LogP contribution in [0.2, 0.25) is 0 Å². The minimum Gasteiger partial charge on any atom is -0.489 e. The molecule has 1 spiro atoms. The first-order valence-corrected chi connectivity index (χ1v) is 13.5. The van der Waals surface area contributed by atoms with E-state index in [4.69, 9.17) is 9.47 Å². The summed E-state index contributed by atoms with van der Waals surface area (Å²) in [6.45, 7) is 4.00. The summed E-state index contributed by atoms with van der Waals surface area (Å²) in [4.78, 5) is 32.8. The molecule has 1 fully saturated rings. The number of hydrogen-bond donors (Lipinski definition) is 1. The molecule has 1 saturated heterocycles. The predicted molar refractivity (Wildman–Crippen MR) is 137 cm³/mol. The number of fused-ring (bicyclic) bond motifs is 4. The van der Waals surface area contributed by atoms with Crippen molar-refractivity contribution >= 4 is 23.2 Å². The zero-order chi connectivity index (χ0) is 24.7. The first-order chi connectivity index (χ1) is 17.5. The van der Waals surface area contributed by atoms with Gasteiger partial charge in [-0.25, -0.2) is 4.98 Å². The molecule has 1 N–H and O–H groups in total. The lowest BCUT2D eigenvalue weighted by Gasteiger charge is -2.39. The first-order valence-electron chi connectivity index (χ1n) is 12.6. The van der Waals surface area contributed by atoms with Crippen LogP contribution >= 0.6 is 11.3 Å². The second-order valence-corrected chi connectivity index (χ2v) is 10.9. The highest BCUT2D eigenvalue weighted by atomic mass is 32.1. The average Bonchev–Trinajstić information content (AvgIpc) is 3.52. The van der Waals surface area contributed by atoms with Crippen molar-refractivity contribution in [3.63, 3.8) is 0 Å². The van der Waals surface area contributed by atoms with Crippen molar-refractivity contribution in [2.45, 2.75) is 38.5 Å². The molecular formula is C28H29N3O4S. The van der Waals surface area contributed by atoms with E-state index < -0.39 is 5.41 Å². The van der Waals surface area contributed by atoms with Gasteiger partial charge in [0, 0.05) is 48.3 Å². The van der Waals surface area contributed by atoms with Crippen LogP contribution in [0.25, 0.3) is 0 Å². The van der Waals surface area contributed by atoms with Crippen LogP contribution in [0, 0.1) is 5.41 Å². The second kappa shape index (κ2) is 9.24. The SMILES string of the molecule is CCCc1nc(C(=O)N2C[C@@H]3c4cccc5c4OC[C@]3(CNC(=O)CCc3cccc(c3)O5)C2)cs1. The van der Waals surface area contributed by atoms with Crippen LogP contribution in [0.5, 0.6) is 17.2 Å². The fourth-order valence-electron chi connectivity index (χ4n) is 5.60. The quantitative estimate of drug-likeness (QED) is 0.566. The van der Waals surface area contributed by atoms with Gasteiger partial charge in [0.05, 0.1) is 11.6 Å². The molecule has 0 aliphatic carbocycles. The minimum atomic E-state index is -0.419. The fourth-order valence-corrected chi connectivity index (χ4v) is 6.47. The summed E-state index contributed by atoms with van der Waals surface area (Å²) < 4.78 is 12.6. The van der Waals surface area contributed by atoms with Gasteiger partial charge < -0.3 is 19.7 Å². The molecule has 2 aromatic carbocycles. The maximum atomic E-state index is 13.5. The highest BCUT2D eigenvalue weighted by Crippen LogP contribution is 2.52. The third kappa shape index (κ3) is 4.13. The molecule has 4 heterocycles. The Hall–Kier alpha value is -3.39. The van der Waals surface area contributed by atoms with Crippen molar-refractivity contribution in [3.05, 3.63) is 69.7 Å². The van der Waals surface area contributed by atoms with Gasteiger partial charge in [0.1, 0.15) is 11.4 Å². The summed E-state index contributed by atoms with van der Waals surface area (Å²) in [7, 11) is 0. The van der Waals surface area contributed by atoms with Crippen molar-refractivity contribution in [2.24, 2.45) is 5.41 Å². The van der Waals surface area contributed by atoms with Gasteiger partial charge in [-0.1, -0.05) is 31.2 Å². The average molecular weight is 504 g/mol. The first kappa shape index (κ1) is 23.0. The van der Waals surface area contributed by atoms with Gasteiger partial charge in [0.25, 0.3) is 5.91 Å². The van der Waals surface area contributed by atoms with E-state index in [1.807, 2.05) is 46.7 Å². The zero-order valence-corrected chi connectivity index (χ0v) is 21.1. The maximum Gasteiger partial charge on any atom is 0.273 e. The number of carbonyl (C=O) groups is 2. The van der Waals surface area contributed by atoms with Crippen LogP contribution in [-0.4, -0.2) is 47.9 Å². The summed E-state index contributed by atoms with van der Waals surface area (Å²) in [6, 6.07) is 13.8. The molecule has 2 amide bonds. The smallest absolute Gasteiger partial charge is 0.273 e. The zero-order valence-electron chi connectivity index (χ0n) is 20.3. The van der Waals surface area contributed by atoms with Gasteiger partial charge in [0.2, 0.25) is 5.91 Å². The Bertz CT molecular complexity index is 1320. The molecule has 186 valence electrons. The molecule has 0 radical (unpaired) electrons. The standard InChI is InChI=1S/C28H29N3O4S/c1-2-5-25-30-22(14-36-25)27(33)31-13-21-20-8-4-9-23-26(20)34-17-28(21,16-31)15-29-24(32)11-10-18-6-3-7-19(12-18)35-23/h3-4,6-9,12,14,21H,2,5,10-11,13,15-17H2,1H3,(H,29,32)/t21-,28+/m1/s1. The Morgan fingerprint density at radius 2 is 2.14 bits per heavy atom. The molecule has 2 atom stereocenters. The van der Waals surface area contributed by atoms with Crippen molar-refractivity contribution in [3.8, 4) is 17.2 Å². The van der Waals surface area contributed by atoms with E-state index in [9.17, 15) is 9.59 Å². The second-order valence-electron chi connectivity index (χ2n) is 9.97. The maximum absolute atomic E-state index is 13.5. The summed E-state index contributed by atoms with van der Waals surface area (Å²) in [5, 5.41) is 6.02. The largest absolute Gasteiger partial charge is 0.489 e. The number of para-hydroxylation sites is 1. The number of hydrogen-bond acceptors (Lipinski definition) is 6. The van der Waals surface area contributed by atoms with Crippen molar-refractivity contribution < 1.29 is 19.1 Å². The number of ether oxygens (including phenoxy) is 2. The fraction of sp³-hybridized carbons (Fsp3) is 0.393. The Morgan fingerprint density at radius 1 is 1.25 bits per heavy atom. The molecule has 3 aliphatic rings. The summed E-state index contributed by atoms with van der Waals surface area (Å²) in [5.41, 5.74) is 2.15. The lowest BCUT2D eigenvalue weighted by Crippen LogP contribution is -2.48. The van der Waals surface area contributed by atoms with E-state index in [2.05, 4.69) is 23.3 Å². The van der Waals surface area contributed by atoms with Crippen LogP contribution in [0.1, 0.15) is 52.3 Å². The number of nitrogens with one attached hydrogen (secondary N) is 1. The molecule has 0 saturated carbocycles.